The highest BCUT2D eigenvalue weighted by Gasteiger charge is 2.09. The van der Waals surface area contributed by atoms with Crippen molar-refractivity contribution in [3.05, 3.63) is 36.4 Å². The minimum atomic E-state index is -0.574. The normalized spacial score (nSPS) is 12.2. The highest BCUT2D eigenvalue weighted by molar-refractivity contribution is 6.47. The molecular weight excluding hydrogens is 188 g/mol. The molecule has 0 radical (unpaired) electrons. The van der Waals surface area contributed by atoms with E-state index in [-0.39, 0.29) is 5.60 Å². The van der Waals surface area contributed by atoms with Crippen molar-refractivity contribution in [2.24, 2.45) is 0 Å². The van der Waals surface area contributed by atoms with Crippen molar-refractivity contribution < 1.29 is 4.43 Å². The summed E-state index contributed by atoms with van der Waals surface area (Å²) < 4.78 is 5.80. The number of hydrogen-bond acceptors (Lipinski definition) is 1. The first kappa shape index (κ1) is 11.2. The highest BCUT2D eigenvalue weighted by Crippen LogP contribution is 2.05. The van der Waals surface area contributed by atoms with Gasteiger partial charge in [-0.05, 0) is 31.5 Å². The standard InChI is InChI=1S/C12H18OSi/c1-5-10-6-8-11(9-7-10)14-13-12(2,3)4/h5-9H,1,14H2,2-4H3. The third-order valence-electron chi connectivity index (χ3n) is 1.89. The second-order valence-corrected chi connectivity index (χ2v) is 5.74. The fourth-order valence-electron chi connectivity index (χ4n) is 1.05. The van der Waals surface area contributed by atoms with Crippen molar-refractivity contribution in [3.8, 4) is 0 Å². The lowest BCUT2D eigenvalue weighted by molar-refractivity contribution is 0.142. The van der Waals surface area contributed by atoms with Gasteiger partial charge in [0.2, 0.25) is 0 Å². The average molecular weight is 206 g/mol. The molecule has 0 bridgehead atoms. The fourth-order valence-corrected chi connectivity index (χ4v) is 2.08. The Bertz CT molecular complexity index is 295. The van der Waals surface area contributed by atoms with Crippen LogP contribution in [0.3, 0.4) is 0 Å². The molecule has 1 rings (SSSR count). The van der Waals surface area contributed by atoms with E-state index in [2.05, 4.69) is 51.6 Å². The van der Waals surface area contributed by atoms with Crippen LogP contribution in [0.15, 0.2) is 30.8 Å². The maximum absolute atomic E-state index is 5.80. The molecule has 0 aliphatic heterocycles. The summed E-state index contributed by atoms with van der Waals surface area (Å²) in [5.41, 5.74) is 1.15. The van der Waals surface area contributed by atoms with Crippen molar-refractivity contribution in [2.75, 3.05) is 0 Å². The molecule has 1 nitrogen and oxygen atoms in total. The Hall–Kier alpha value is -0.863. The zero-order valence-electron chi connectivity index (χ0n) is 9.21. The average Bonchev–Trinajstić information content (AvgIpc) is 2.14. The molecule has 0 aliphatic rings. The maximum atomic E-state index is 5.80. The lowest BCUT2D eigenvalue weighted by Crippen LogP contribution is -2.28. The van der Waals surface area contributed by atoms with Crippen LogP contribution in [0.5, 0.6) is 0 Å². The van der Waals surface area contributed by atoms with Crippen LogP contribution in [-0.2, 0) is 4.43 Å². The van der Waals surface area contributed by atoms with Gasteiger partial charge in [-0.2, -0.15) is 0 Å². The summed E-state index contributed by atoms with van der Waals surface area (Å²) in [5, 5.41) is 1.34. The van der Waals surface area contributed by atoms with E-state index in [0.29, 0.717) is 0 Å². The first-order valence-electron chi connectivity index (χ1n) is 4.86. The second-order valence-electron chi connectivity index (χ2n) is 4.35. The minimum absolute atomic E-state index is 0.0106. The molecule has 0 amide bonds. The van der Waals surface area contributed by atoms with Gasteiger partial charge in [-0.3, -0.25) is 0 Å². The van der Waals surface area contributed by atoms with Crippen LogP contribution in [-0.4, -0.2) is 15.4 Å². The monoisotopic (exact) mass is 206 g/mol. The third-order valence-corrected chi connectivity index (χ3v) is 3.70. The second kappa shape index (κ2) is 4.58. The van der Waals surface area contributed by atoms with Crippen molar-refractivity contribution in [2.45, 2.75) is 26.4 Å². The fraction of sp³-hybridized carbons (Fsp3) is 0.333. The van der Waals surface area contributed by atoms with Gasteiger partial charge in [-0.15, -0.1) is 0 Å². The summed E-state index contributed by atoms with van der Waals surface area (Å²) >= 11 is 0. The van der Waals surface area contributed by atoms with Crippen LogP contribution in [0.4, 0.5) is 0 Å². The predicted molar refractivity (Wildman–Crippen MR) is 65.5 cm³/mol. The van der Waals surface area contributed by atoms with Crippen LogP contribution in [0.1, 0.15) is 26.3 Å². The van der Waals surface area contributed by atoms with E-state index in [4.69, 9.17) is 4.43 Å². The SMILES string of the molecule is C=Cc1ccc([SiH2]OC(C)(C)C)cc1. The lowest BCUT2D eigenvalue weighted by atomic mass is 10.2. The Labute approximate surface area is 88.7 Å². The Kier molecular flexibility index (Phi) is 3.67. The molecule has 0 heterocycles. The Morgan fingerprint density at radius 3 is 2.21 bits per heavy atom. The molecule has 0 spiro atoms. The smallest absolute Gasteiger partial charge is 0.192 e. The van der Waals surface area contributed by atoms with Gasteiger partial charge in [-0.25, -0.2) is 0 Å². The molecule has 0 fully saturated rings. The van der Waals surface area contributed by atoms with Crippen molar-refractivity contribution >= 4 is 21.0 Å². The topological polar surface area (TPSA) is 9.23 Å². The van der Waals surface area contributed by atoms with Gasteiger partial charge >= 0.3 is 0 Å². The highest BCUT2D eigenvalue weighted by atomic mass is 28.2. The van der Waals surface area contributed by atoms with E-state index < -0.39 is 9.76 Å². The summed E-state index contributed by atoms with van der Waals surface area (Å²) in [6, 6.07) is 8.44. The zero-order chi connectivity index (χ0) is 10.6. The molecule has 0 aromatic heterocycles. The van der Waals surface area contributed by atoms with Gasteiger partial charge in [-0.1, -0.05) is 36.9 Å². The summed E-state index contributed by atoms with van der Waals surface area (Å²) in [7, 11) is -0.574. The molecule has 0 aliphatic carbocycles. The summed E-state index contributed by atoms with van der Waals surface area (Å²) in [5.74, 6) is 0. The van der Waals surface area contributed by atoms with Gasteiger partial charge < -0.3 is 4.43 Å². The molecule has 14 heavy (non-hydrogen) atoms. The van der Waals surface area contributed by atoms with E-state index in [1.807, 2.05) is 6.08 Å². The molecule has 0 saturated heterocycles. The van der Waals surface area contributed by atoms with Gasteiger partial charge in [0.15, 0.2) is 9.76 Å². The number of benzene rings is 1. The quantitative estimate of drug-likeness (QED) is 0.686. The number of rotatable bonds is 3. The van der Waals surface area contributed by atoms with E-state index in [0.717, 1.165) is 0 Å². The third kappa shape index (κ3) is 3.90. The van der Waals surface area contributed by atoms with Crippen LogP contribution >= 0.6 is 0 Å². The van der Waals surface area contributed by atoms with Crippen LogP contribution in [0.2, 0.25) is 0 Å². The zero-order valence-corrected chi connectivity index (χ0v) is 10.6. The maximum Gasteiger partial charge on any atom is 0.192 e. The Morgan fingerprint density at radius 2 is 1.79 bits per heavy atom. The van der Waals surface area contributed by atoms with E-state index in [1.165, 1.54) is 10.8 Å². The Balaban J connectivity index is 2.56. The van der Waals surface area contributed by atoms with Crippen LogP contribution < -0.4 is 5.19 Å². The molecular formula is C12H18OSi. The van der Waals surface area contributed by atoms with E-state index in [1.54, 1.807) is 0 Å². The van der Waals surface area contributed by atoms with Crippen molar-refractivity contribution in [1.29, 1.82) is 0 Å². The van der Waals surface area contributed by atoms with Crippen LogP contribution in [0, 0.1) is 0 Å². The first-order valence-corrected chi connectivity index (χ1v) is 6.15. The molecule has 0 N–H and O–H groups in total. The van der Waals surface area contributed by atoms with Crippen molar-refractivity contribution in [1.82, 2.24) is 0 Å². The van der Waals surface area contributed by atoms with Gasteiger partial charge in [0, 0.05) is 5.60 Å². The van der Waals surface area contributed by atoms with E-state index >= 15 is 0 Å². The molecule has 0 atom stereocenters. The minimum Gasteiger partial charge on any atom is -0.414 e. The van der Waals surface area contributed by atoms with Crippen LogP contribution in [0.25, 0.3) is 6.08 Å². The van der Waals surface area contributed by atoms with Crippen molar-refractivity contribution in [3.63, 3.8) is 0 Å². The number of hydrogen-bond donors (Lipinski definition) is 0. The molecule has 1 aromatic carbocycles. The molecule has 76 valence electrons. The van der Waals surface area contributed by atoms with Gasteiger partial charge in [0.1, 0.15) is 0 Å². The summed E-state index contributed by atoms with van der Waals surface area (Å²) in [4.78, 5) is 0. The van der Waals surface area contributed by atoms with E-state index in [9.17, 15) is 0 Å². The molecule has 2 heteroatoms. The molecule has 1 aromatic rings. The first-order chi connectivity index (χ1) is 6.51. The lowest BCUT2D eigenvalue weighted by Gasteiger charge is -2.19. The van der Waals surface area contributed by atoms with Gasteiger partial charge in [0.25, 0.3) is 0 Å². The molecule has 0 saturated carbocycles. The summed E-state index contributed by atoms with van der Waals surface area (Å²) in [6.45, 7) is 10.0. The Morgan fingerprint density at radius 1 is 1.21 bits per heavy atom. The summed E-state index contributed by atoms with van der Waals surface area (Å²) in [6.07, 6.45) is 1.86. The molecule has 0 unspecified atom stereocenters. The van der Waals surface area contributed by atoms with Gasteiger partial charge in [0.05, 0.1) is 0 Å². The predicted octanol–water partition coefficient (Wildman–Crippen LogP) is 1.85. The largest absolute Gasteiger partial charge is 0.414 e.